The summed E-state index contributed by atoms with van der Waals surface area (Å²) in [6.45, 7) is 9.09. The van der Waals surface area contributed by atoms with Gasteiger partial charge in [0.15, 0.2) is 0 Å². The summed E-state index contributed by atoms with van der Waals surface area (Å²) in [6, 6.07) is 13.0. The number of hydrogen-bond donors (Lipinski definition) is 3. The minimum Gasteiger partial charge on any atom is -0.478 e. The van der Waals surface area contributed by atoms with Gasteiger partial charge in [-0.05, 0) is 70.0 Å². The van der Waals surface area contributed by atoms with Crippen LogP contribution in [0.25, 0.3) is 0 Å². The molecule has 0 aliphatic carbocycles. The molecular formula is C32H31Cl5N6O4. The maximum Gasteiger partial charge on any atom is 0.338 e. The first kappa shape index (κ1) is 36.2. The van der Waals surface area contributed by atoms with Gasteiger partial charge in [-0.1, -0.05) is 58.5 Å². The summed E-state index contributed by atoms with van der Waals surface area (Å²) in [5, 5.41) is 26.0. The van der Waals surface area contributed by atoms with Crippen molar-refractivity contribution in [2.24, 2.45) is 0 Å². The lowest BCUT2D eigenvalue weighted by atomic mass is 9.95. The van der Waals surface area contributed by atoms with E-state index >= 15 is 0 Å². The molecule has 2 aromatic heterocycles. The molecule has 0 amide bonds. The summed E-state index contributed by atoms with van der Waals surface area (Å²) in [4.78, 5) is 24.5. The van der Waals surface area contributed by atoms with Gasteiger partial charge in [-0.15, -0.1) is 12.4 Å². The van der Waals surface area contributed by atoms with Crippen LogP contribution in [-0.4, -0.2) is 42.2 Å². The summed E-state index contributed by atoms with van der Waals surface area (Å²) in [5.41, 5.74) is 2.93. The Kier molecular flexibility index (Phi) is 10.9. The number of ether oxygens (including phenoxy) is 1. The Bertz CT molecular complexity index is 1910. The summed E-state index contributed by atoms with van der Waals surface area (Å²) >= 11 is 24.2. The number of carbonyl (C=O) groups excluding carboxylic acids is 1. The van der Waals surface area contributed by atoms with Crippen LogP contribution < -0.4 is 10.6 Å². The van der Waals surface area contributed by atoms with E-state index in [2.05, 4.69) is 20.8 Å². The lowest BCUT2D eigenvalue weighted by Gasteiger charge is -2.31. The largest absolute Gasteiger partial charge is 0.478 e. The number of carbonyl (C=O) groups is 2. The second kappa shape index (κ2) is 14.2. The molecule has 2 aliphatic rings. The van der Waals surface area contributed by atoms with E-state index in [0.29, 0.717) is 36.9 Å². The van der Waals surface area contributed by atoms with Gasteiger partial charge in [0.2, 0.25) is 0 Å². The van der Waals surface area contributed by atoms with E-state index in [0.717, 1.165) is 22.9 Å². The molecule has 15 heteroatoms. The van der Waals surface area contributed by atoms with Gasteiger partial charge in [0.25, 0.3) is 0 Å². The zero-order valence-electron chi connectivity index (χ0n) is 25.8. The topological polar surface area (TPSA) is 123 Å². The van der Waals surface area contributed by atoms with Gasteiger partial charge in [0.05, 0.1) is 43.6 Å². The highest BCUT2D eigenvalue weighted by Gasteiger charge is 2.36. The van der Waals surface area contributed by atoms with Crippen LogP contribution in [0.3, 0.4) is 0 Å². The van der Waals surface area contributed by atoms with Crippen LogP contribution in [0.2, 0.25) is 20.1 Å². The van der Waals surface area contributed by atoms with Gasteiger partial charge in [0.1, 0.15) is 29.3 Å². The van der Waals surface area contributed by atoms with Crippen molar-refractivity contribution in [1.82, 2.24) is 19.6 Å². The molecule has 0 fully saturated rings. The number of rotatable bonds is 4. The second-order valence-electron chi connectivity index (χ2n) is 11.6. The van der Waals surface area contributed by atoms with E-state index in [-0.39, 0.29) is 18.0 Å². The Morgan fingerprint density at radius 3 is 1.57 bits per heavy atom. The van der Waals surface area contributed by atoms with Gasteiger partial charge in [-0.3, -0.25) is 0 Å². The summed E-state index contributed by atoms with van der Waals surface area (Å²) in [6.07, 6.45) is 3.29. The molecule has 2 unspecified atom stereocenters. The summed E-state index contributed by atoms with van der Waals surface area (Å²) in [5.74, 6) is 0.126. The molecule has 4 aromatic rings. The van der Waals surface area contributed by atoms with Crippen molar-refractivity contribution < 1.29 is 19.4 Å². The van der Waals surface area contributed by atoms with Gasteiger partial charge in [0, 0.05) is 23.5 Å². The van der Waals surface area contributed by atoms with Gasteiger partial charge in [-0.2, -0.15) is 10.2 Å². The highest BCUT2D eigenvalue weighted by atomic mass is 35.5. The summed E-state index contributed by atoms with van der Waals surface area (Å²) < 4.78 is 8.97. The van der Waals surface area contributed by atoms with Crippen LogP contribution >= 0.6 is 58.8 Å². The number of halogens is 5. The molecule has 2 aromatic carbocycles. The minimum atomic E-state index is -1.00. The van der Waals surface area contributed by atoms with Crippen molar-refractivity contribution in [1.29, 1.82) is 0 Å². The number of hydrogen-bond acceptors (Lipinski definition) is 7. The Labute approximate surface area is 297 Å². The van der Waals surface area contributed by atoms with Crippen LogP contribution in [0.1, 0.15) is 57.8 Å². The van der Waals surface area contributed by atoms with Crippen molar-refractivity contribution in [2.75, 3.05) is 10.6 Å². The molecular weight excluding hydrogens is 710 g/mol. The first-order chi connectivity index (χ1) is 21.7. The highest BCUT2D eigenvalue weighted by Crippen LogP contribution is 2.39. The molecule has 47 heavy (non-hydrogen) atoms. The number of aliphatic carboxylic acids is 1. The Balaban J connectivity index is 0.000000211. The third-order valence-corrected chi connectivity index (χ3v) is 8.66. The lowest BCUT2D eigenvalue weighted by molar-refractivity contribution is -0.150. The second-order valence-corrected chi connectivity index (χ2v) is 13.2. The average molecular weight is 741 g/mol. The first-order valence-electron chi connectivity index (χ1n) is 14.1. The quantitative estimate of drug-likeness (QED) is 0.178. The SMILES string of the molecule is CC1=C(C(=O)O)C(c2ccc(Cl)c(Cl)c2)n2nccc2N1.CC1=C(C(=O)OC(C)(C)C)C(c2ccc(Cl)c(Cl)c2)n2nccc2N1.Cl. The molecule has 0 spiro atoms. The average Bonchev–Trinajstić information content (AvgIpc) is 3.63. The number of allylic oxidation sites excluding steroid dienone is 2. The Hall–Kier alpha value is -3.67. The number of nitrogens with zero attached hydrogens (tertiary/aromatic N) is 4. The van der Waals surface area contributed by atoms with Crippen molar-refractivity contribution in [3.63, 3.8) is 0 Å². The van der Waals surface area contributed by atoms with Crippen LogP contribution in [0.5, 0.6) is 0 Å². The van der Waals surface area contributed by atoms with Crippen molar-refractivity contribution in [3.05, 3.63) is 115 Å². The molecule has 0 radical (unpaired) electrons. The first-order valence-corrected chi connectivity index (χ1v) is 15.6. The predicted octanol–water partition coefficient (Wildman–Crippen LogP) is 8.81. The molecule has 6 rings (SSSR count). The smallest absolute Gasteiger partial charge is 0.338 e. The minimum absolute atomic E-state index is 0. The highest BCUT2D eigenvalue weighted by molar-refractivity contribution is 6.42. The van der Waals surface area contributed by atoms with E-state index in [1.165, 1.54) is 0 Å². The normalized spacial score (nSPS) is 16.9. The molecule has 10 nitrogen and oxygen atoms in total. The number of aromatic nitrogens is 4. The lowest BCUT2D eigenvalue weighted by Crippen LogP contribution is -2.33. The number of carboxylic acid groups (broad SMARTS) is 1. The van der Waals surface area contributed by atoms with E-state index in [9.17, 15) is 14.7 Å². The fourth-order valence-electron chi connectivity index (χ4n) is 5.27. The van der Waals surface area contributed by atoms with Crippen molar-refractivity contribution in [2.45, 2.75) is 52.3 Å². The molecule has 0 saturated carbocycles. The van der Waals surface area contributed by atoms with E-state index in [1.807, 2.05) is 39.8 Å². The van der Waals surface area contributed by atoms with Crippen molar-refractivity contribution >= 4 is 82.4 Å². The molecule has 2 aliphatic heterocycles. The fourth-order valence-corrected chi connectivity index (χ4v) is 5.88. The fraction of sp³-hybridized carbons (Fsp3) is 0.250. The van der Waals surface area contributed by atoms with Gasteiger partial charge in [-0.25, -0.2) is 19.0 Å². The van der Waals surface area contributed by atoms with Gasteiger partial charge < -0.3 is 20.5 Å². The van der Waals surface area contributed by atoms with E-state index in [1.54, 1.807) is 65.1 Å². The van der Waals surface area contributed by atoms with E-state index < -0.39 is 29.6 Å². The number of esters is 1. The van der Waals surface area contributed by atoms with Crippen LogP contribution in [0.15, 0.2) is 83.5 Å². The zero-order valence-corrected chi connectivity index (χ0v) is 29.6. The monoisotopic (exact) mass is 738 g/mol. The number of carboxylic acids is 1. The molecule has 2 atom stereocenters. The Morgan fingerprint density at radius 2 is 1.17 bits per heavy atom. The third-order valence-electron chi connectivity index (χ3n) is 7.18. The van der Waals surface area contributed by atoms with Crippen molar-refractivity contribution in [3.8, 4) is 0 Å². The van der Waals surface area contributed by atoms with Crippen LogP contribution in [0.4, 0.5) is 11.6 Å². The molecule has 0 bridgehead atoms. The predicted molar refractivity (Wildman–Crippen MR) is 187 cm³/mol. The van der Waals surface area contributed by atoms with Gasteiger partial charge >= 0.3 is 11.9 Å². The zero-order chi connectivity index (χ0) is 33.5. The summed E-state index contributed by atoms with van der Waals surface area (Å²) in [7, 11) is 0. The maximum absolute atomic E-state index is 12.9. The van der Waals surface area contributed by atoms with E-state index in [4.69, 9.17) is 51.1 Å². The number of fused-ring (bicyclic) bond motifs is 2. The number of anilines is 2. The molecule has 0 saturated heterocycles. The standard InChI is InChI=1S/C18H19Cl2N3O2.C14H11Cl2N3O2.ClH/c1-10-15(17(24)25-18(2,3)4)16(23-14(22-10)7-8-21-23)11-5-6-12(19)13(20)9-11;1-7-12(14(20)21)13(19-11(18-7)4-5-17-19)8-2-3-9(15)10(16)6-8;/h5-9,16,22H,1-4H3;2-6,13,18H,1H3,(H,20,21);1H. The number of nitrogens with one attached hydrogen (secondary N) is 2. The number of benzene rings is 2. The molecule has 4 heterocycles. The van der Waals surface area contributed by atoms with Crippen LogP contribution in [0, 0.1) is 0 Å². The Morgan fingerprint density at radius 1 is 0.745 bits per heavy atom. The van der Waals surface area contributed by atoms with Crippen LogP contribution in [-0.2, 0) is 14.3 Å². The maximum atomic E-state index is 12.9. The third kappa shape index (κ3) is 7.58. The molecule has 3 N–H and O–H groups in total. The molecule has 248 valence electrons.